The molecular weight excluding hydrogens is 438 g/mol. The maximum absolute atomic E-state index is 12.4. The summed E-state index contributed by atoms with van der Waals surface area (Å²) < 4.78 is 2.03. The highest BCUT2D eigenvalue weighted by Gasteiger charge is 2.24. The first-order chi connectivity index (χ1) is 14.6. The van der Waals surface area contributed by atoms with Crippen molar-refractivity contribution in [1.82, 2.24) is 19.7 Å². The molecule has 0 saturated carbocycles. The van der Waals surface area contributed by atoms with E-state index in [1.165, 1.54) is 28.6 Å². The number of halogens is 1. The third-order valence-corrected chi connectivity index (χ3v) is 7.36. The normalized spacial score (nSPS) is 15.6. The number of aromatic nitrogens is 4. The molecule has 0 aromatic carbocycles. The number of thiophene rings is 1. The number of fused-ring (bicyclic) bond motifs is 1. The van der Waals surface area contributed by atoms with Gasteiger partial charge in [-0.05, 0) is 42.9 Å². The largest absolute Gasteiger partial charge is 0.323 e. The molecule has 3 aromatic rings. The van der Waals surface area contributed by atoms with Crippen LogP contribution in [0.1, 0.15) is 23.8 Å². The fourth-order valence-corrected chi connectivity index (χ4v) is 5.71. The van der Waals surface area contributed by atoms with Gasteiger partial charge in [0.25, 0.3) is 0 Å². The molecule has 156 valence electrons. The summed E-state index contributed by atoms with van der Waals surface area (Å²) in [6.45, 7) is 6.76. The van der Waals surface area contributed by atoms with Crippen LogP contribution >= 0.6 is 34.7 Å². The second-order valence-corrected chi connectivity index (χ2v) is 9.55. The quantitative estimate of drug-likeness (QED) is 0.302. The van der Waals surface area contributed by atoms with E-state index in [4.69, 9.17) is 11.6 Å². The molecule has 4 rings (SSSR count). The number of hydrogen-bond acceptors (Lipinski definition) is 6. The summed E-state index contributed by atoms with van der Waals surface area (Å²) >= 11 is 9.17. The molecule has 0 aliphatic heterocycles. The van der Waals surface area contributed by atoms with Crippen molar-refractivity contribution in [2.75, 3.05) is 11.1 Å². The van der Waals surface area contributed by atoms with E-state index in [-0.39, 0.29) is 16.8 Å². The lowest BCUT2D eigenvalue weighted by Gasteiger charge is -2.19. The van der Waals surface area contributed by atoms with Gasteiger partial charge in [0.05, 0.1) is 11.4 Å². The second-order valence-electron chi connectivity index (χ2n) is 7.28. The molecule has 0 fully saturated rings. The van der Waals surface area contributed by atoms with E-state index in [9.17, 15) is 4.79 Å². The third-order valence-electron chi connectivity index (χ3n) is 5.04. The van der Waals surface area contributed by atoms with Crippen LogP contribution in [0.25, 0.3) is 11.4 Å². The molecule has 1 aliphatic rings. The topological polar surface area (TPSA) is 72.7 Å². The van der Waals surface area contributed by atoms with E-state index in [1.807, 2.05) is 22.0 Å². The van der Waals surface area contributed by atoms with Crippen molar-refractivity contribution < 1.29 is 4.79 Å². The molecule has 3 heterocycles. The first-order valence-electron chi connectivity index (χ1n) is 9.73. The van der Waals surface area contributed by atoms with Crippen LogP contribution in [0.2, 0.25) is 5.15 Å². The molecule has 0 radical (unpaired) electrons. The third kappa shape index (κ3) is 4.45. The van der Waals surface area contributed by atoms with Crippen LogP contribution in [0.5, 0.6) is 0 Å². The van der Waals surface area contributed by atoms with Gasteiger partial charge >= 0.3 is 0 Å². The van der Waals surface area contributed by atoms with Crippen molar-refractivity contribution in [2.45, 2.75) is 37.9 Å². The summed E-state index contributed by atoms with van der Waals surface area (Å²) in [6, 6.07) is 3.45. The standard InChI is InChI=1S/C21H22ClN5OS2/c1-3-9-27-20(15-11-29-17-10-13(2)6-7-14(15)17)25-26-21(27)30-12-18(28)24-16-5-4-8-23-19(16)22/h3-5,8,11,13H,1,6-7,9-10,12H2,2H3,(H,24,28). The number of rotatable bonds is 7. The van der Waals surface area contributed by atoms with Crippen LogP contribution in [-0.4, -0.2) is 31.4 Å². The van der Waals surface area contributed by atoms with Gasteiger partial charge in [-0.3, -0.25) is 9.36 Å². The van der Waals surface area contributed by atoms with Gasteiger partial charge in [-0.2, -0.15) is 0 Å². The minimum Gasteiger partial charge on any atom is -0.323 e. The SMILES string of the molecule is C=CCn1c(SCC(=O)Nc2cccnc2Cl)nnc1-c1csc2c1CCC(C)C2. The maximum atomic E-state index is 12.4. The lowest BCUT2D eigenvalue weighted by Crippen LogP contribution is -2.15. The Labute approximate surface area is 188 Å². The molecule has 3 aromatic heterocycles. The van der Waals surface area contributed by atoms with Crippen molar-refractivity contribution in [3.63, 3.8) is 0 Å². The lowest BCUT2D eigenvalue weighted by atomic mass is 9.88. The highest BCUT2D eigenvalue weighted by Crippen LogP contribution is 2.38. The number of nitrogens with zero attached hydrogens (tertiary/aromatic N) is 4. The fourth-order valence-electron chi connectivity index (χ4n) is 3.55. The number of nitrogens with one attached hydrogen (secondary N) is 1. The van der Waals surface area contributed by atoms with Crippen molar-refractivity contribution in [3.8, 4) is 11.4 Å². The minimum absolute atomic E-state index is 0.175. The van der Waals surface area contributed by atoms with Gasteiger partial charge in [0, 0.05) is 28.6 Å². The second kappa shape index (κ2) is 9.32. The van der Waals surface area contributed by atoms with Gasteiger partial charge < -0.3 is 5.32 Å². The number of carbonyl (C=O) groups excluding carboxylic acids is 1. The molecule has 0 bridgehead atoms. The molecular formula is C21H22ClN5OS2. The van der Waals surface area contributed by atoms with E-state index >= 15 is 0 Å². The molecule has 1 atom stereocenters. The van der Waals surface area contributed by atoms with Crippen molar-refractivity contribution >= 4 is 46.3 Å². The van der Waals surface area contributed by atoms with Crippen LogP contribution in [0, 0.1) is 5.92 Å². The number of hydrogen-bond donors (Lipinski definition) is 1. The summed E-state index contributed by atoms with van der Waals surface area (Å²) in [5.74, 6) is 1.60. The minimum atomic E-state index is -0.175. The predicted molar refractivity (Wildman–Crippen MR) is 123 cm³/mol. The zero-order valence-corrected chi connectivity index (χ0v) is 19.0. The molecule has 0 spiro atoms. The summed E-state index contributed by atoms with van der Waals surface area (Å²) in [5.41, 5.74) is 3.06. The van der Waals surface area contributed by atoms with Gasteiger partial charge in [-0.25, -0.2) is 4.98 Å². The predicted octanol–water partition coefficient (Wildman–Crippen LogP) is 5.10. The van der Waals surface area contributed by atoms with Gasteiger partial charge in [0.15, 0.2) is 16.1 Å². The molecule has 1 N–H and O–H groups in total. The molecule has 1 amide bonds. The Hall–Kier alpha value is -2.16. The number of allylic oxidation sites excluding steroid dienone is 1. The summed E-state index contributed by atoms with van der Waals surface area (Å²) in [6.07, 6.45) is 6.81. The monoisotopic (exact) mass is 459 g/mol. The molecule has 9 heteroatoms. The zero-order chi connectivity index (χ0) is 21.1. The smallest absolute Gasteiger partial charge is 0.234 e. The van der Waals surface area contributed by atoms with E-state index < -0.39 is 0 Å². The Bertz CT molecular complexity index is 1080. The molecule has 6 nitrogen and oxygen atoms in total. The Kier molecular flexibility index (Phi) is 6.55. The average Bonchev–Trinajstić information content (AvgIpc) is 3.32. The first-order valence-corrected chi connectivity index (χ1v) is 12.0. The molecule has 1 aliphatic carbocycles. The average molecular weight is 460 g/mol. The van der Waals surface area contributed by atoms with Gasteiger partial charge in [-0.1, -0.05) is 36.4 Å². The zero-order valence-electron chi connectivity index (χ0n) is 16.6. The lowest BCUT2D eigenvalue weighted by molar-refractivity contribution is -0.113. The van der Waals surface area contributed by atoms with Crippen LogP contribution in [0.15, 0.2) is 41.5 Å². The molecule has 1 unspecified atom stereocenters. The summed E-state index contributed by atoms with van der Waals surface area (Å²) in [4.78, 5) is 17.8. The number of pyridine rings is 1. The van der Waals surface area contributed by atoms with Gasteiger partial charge in [0.1, 0.15) is 0 Å². The highest BCUT2D eigenvalue weighted by atomic mass is 35.5. The Morgan fingerprint density at radius 1 is 1.50 bits per heavy atom. The Morgan fingerprint density at radius 2 is 2.37 bits per heavy atom. The van der Waals surface area contributed by atoms with E-state index in [1.54, 1.807) is 18.3 Å². The maximum Gasteiger partial charge on any atom is 0.234 e. The fraction of sp³-hybridized carbons (Fsp3) is 0.333. The number of anilines is 1. The summed E-state index contributed by atoms with van der Waals surface area (Å²) in [5, 5.41) is 14.8. The Morgan fingerprint density at radius 3 is 3.17 bits per heavy atom. The van der Waals surface area contributed by atoms with E-state index in [2.05, 4.69) is 39.4 Å². The van der Waals surface area contributed by atoms with Crippen LogP contribution in [-0.2, 0) is 24.2 Å². The number of thioether (sulfide) groups is 1. The van der Waals surface area contributed by atoms with Crippen molar-refractivity contribution in [2.24, 2.45) is 5.92 Å². The summed E-state index contributed by atoms with van der Waals surface area (Å²) in [7, 11) is 0. The van der Waals surface area contributed by atoms with Crippen LogP contribution in [0.4, 0.5) is 5.69 Å². The van der Waals surface area contributed by atoms with E-state index in [0.717, 1.165) is 30.1 Å². The van der Waals surface area contributed by atoms with Crippen molar-refractivity contribution in [1.29, 1.82) is 0 Å². The number of carbonyl (C=O) groups is 1. The first kappa shape index (κ1) is 21.1. The van der Waals surface area contributed by atoms with Crippen LogP contribution in [0.3, 0.4) is 0 Å². The molecule has 0 saturated heterocycles. The van der Waals surface area contributed by atoms with Crippen molar-refractivity contribution in [3.05, 3.63) is 52.0 Å². The molecule has 30 heavy (non-hydrogen) atoms. The van der Waals surface area contributed by atoms with Gasteiger partial charge in [0.2, 0.25) is 5.91 Å². The number of amides is 1. The van der Waals surface area contributed by atoms with E-state index in [0.29, 0.717) is 17.4 Å². The Balaban J connectivity index is 1.51. The van der Waals surface area contributed by atoms with Crippen LogP contribution < -0.4 is 5.32 Å². The van der Waals surface area contributed by atoms with Gasteiger partial charge in [-0.15, -0.1) is 28.1 Å². The highest BCUT2D eigenvalue weighted by molar-refractivity contribution is 7.99.